The molecule has 1 N–H and O–H groups in total. The summed E-state index contributed by atoms with van der Waals surface area (Å²) < 4.78 is 46.9. The van der Waals surface area contributed by atoms with E-state index in [0.717, 1.165) is 29.6 Å². The van der Waals surface area contributed by atoms with Crippen LogP contribution in [0.15, 0.2) is 42.6 Å². The molecule has 2 aliphatic rings. The van der Waals surface area contributed by atoms with Crippen LogP contribution in [0.5, 0.6) is 0 Å². The Morgan fingerprint density at radius 2 is 1.63 bits per heavy atom. The van der Waals surface area contributed by atoms with E-state index >= 15 is 0 Å². The van der Waals surface area contributed by atoms with Crippen LogP contribution in [0.3, 0.4) is 0 Å². The van der Waals surface area contributed by atoms with E-state index in [1.807, 2.05) is 0 Å². The highest BCUT2D eigenvalue weighted by atomic mass is 19.4. The van der Waals surface area contributed by atoms with E-state index in [1.54, 1.807) is 4.90 Å². The molecule has 0 saturated carbocycles. The lowest BCUT2D eigenvalue weighted by Crippen LogP contribution is -2.37. The van der Waals surface area contributed by atoms with Crippen molar-refractivity contribution in [2.75, 3.05) is 75.1 Å². The van der Waals surface area contributed by atoms with Crippen LogP contribution in [0.1, 0.15) is 36.2 Å². The highest BCUT2D eigenvalue weighted by Gasteiger charge is 2.36. The van der Waals surface area contributed by atoms with E-state index in [9.17, 15) is 13.2 Å². The fourth-order valence-electron chi connectivity index (χ4n) is 5.70. The van der Waals surface area contributed by atoms with E-state index in [2.05, 4.69) is 72.3 Å². The number of benzene rings is 1. The molecule has 220 valence electrons. The third-order valence-electron chi connectivity index (χ3n) is 7.66. The predicted octanol–water partition coefficient (Wildman–Crippen LogP) is 4.92. The minimum absolute atomic E-state index is 0.0122. The van der Waals surface area contributed by atoms with E-state index in [0.29, 0.717) is 64.0 Å². The van der Waals surface area contributed by atoms with Gasteiger partial charge in [0.25, 0.3) is 0 Å². The number of pyridine rings is 1. The second-order valence-corrected chi connectivity index (χ2v) is 11.6. The van der Waals surface area contributed by atoms with Crippen molar-refractivity contribution in [1.82, 2.24) is 19.9 Å². The van der Waals surface area contributed by atoms with Crippen molar-refractivity contribution < 1.29 is 17.9 Å². The number of hydrogen-bond acceptors (Lipinski definition) is 8. The van der Waals surface area contributed by atoms with Crippen molar-refractivity contribution in [3.8, 4) is 0 Å². The summed E-state index contributed by atoms with van der Waals surface area (Å²) in [6.07, 6.45) is -2.10. The molecule has 41 heavy (non-hydrogen) atoms. The first kappa shape index (κ1) is 29.1. The summed E-state index contributed by atoms with van der Waals surface area (Å²) in [5.41, 5.74) is 3.17. The molecule has 11 heteroatoms. The van der Waals surface area contributed by atoms with Gasteiger partial charge in [-0.3, -0.25) is 0 Å². The monoisotopic (exact) mass is 569 g/mol. The van der Waals surface area contributed by atoms with Gasteiger partial charge in [-0.1, -0.05) is 26.0 Å². The highest BCUT2D eigenvalue weighted by molar-refractivity contribution is 5.63. The number of alkyl halides is 3. The quantitative estimate of drug-likeness (QED) is 0.431. The molecule has 0 bridgehead atoms. The number of anilines is 4. The normalized spacial score (nSPS) is 16.5. The van der Waals surface area contributed by atoms with Crippen molar-refractivity contribution in [1.29, 1.82) is 0 Å². The Hall–Kier alpha value is -3.44. The SMILES string of the molecule is CN(C)CC(C)(C)c1ccc(Nc2nc(N3CCOCC3)nc3c2CCN(c2ncccc2C(F)(F)F)CC3)cc1. The zero-order chi connectivity index (χ0) is 29.2. The van der Waals surface area contributed by atoms with Gasteiger partial charge in [-0.05, 0) is 50.3 Å². The third kappa shape index (κ3) is 6.73. The molecule has 0 amide bonds. The number of nitrogens with zero attached hydrogens (tertiary/aromatic N) is 6. The number of ether oxygens (including phenoxy) is 1. The van der Waals surface area contributed by atoms with Crippen LogP contribution < -0.4 is 15.1 Å². The van der Waals surface area contributed by atoms with E-state index in [1.165, 1.54) is 17.8 Å². The molecule has 1 saturated heterocycles. The Labute approximate surface area is 239 Å². The number of hydrogen-bond donors (Lipinski definition) is 1. The predicted molar refractivity (Wildman–Crippen MR) is 155 cm³/mol. The lowest BCUT2D eigenvalue weighted by molar-refractivity contribution is -0.137. The maximum Gasteiger partial charge on any atom is 0.419 e. The van der Waals surface area contributed by atoms with Crippen LogP contribution in [-0.2, 0) is 29.2 Å². The lowest BCUT2D eigenvalue weighted by Gasteiger charge is -2.29. The lowest BCUT2D eigenvalue weighted by atomic mass is 9.84. The van der Waals surface area contributed by atoms with Gasteiger partial charge in [-0.15, -0.1) is 0 Å². The molecule has 1 fully saturated rings. The standard InChI is InChI=1S/C30H38F3N7O/c1-29(2,20-38(3)4)21-7-9-22(10-8-21)35-26-23-11-14-39(27-24(30(31,32)33)6-5-13-34-27)15-12-25(23)36-28(37-26)40-16-18-41-19-17-40/h5-10,13H,11-12,14-20H2,1-4H3,(H,35,36,37). The largest absolute Gasteiger partial charge is 0.419 e. The summed E-state index contributed by atoms with van der Waals surface area (Å²) in [7, 11) is 4.15. The van der Waals surface area contributed by atoms with E-state index < -0.39 is 11.7 Å². The molecule has 0 aliphatic carbocycles. The molecule has 3 aromatic rings. The second kappa shape index (κ2) is 11.8. The van der Waals surface area contributed by atoms with Crippen LogP contribution in [0.2, 0.25) is 0 Å². The van der Waals surface area contributed by atoms with Crippen molar-refractivity contribution in [2.45, 2.75) is 38.3 Å². The van der Waals surface area contributed by atoms with Gasteiger partial charge < -0.3 is 24.8 Å². The fourth-order valence-corrected chi connectivity index (χ4v) is 5.70. The van der Waals surface area contributed by atoms with Crippen molar-refractivity contribution >= 4 is 23.3 Å². The van der Waals surface area contributed by atoms with Gasteiger partial charge in [-0.2, -0.15) is 18.2 Å². The maximum atomic E-state index is 13.8. The minimum Gasteiger partial charge on any atom is -0.378 e. The molecular formula is C30H38F3N7O. The third-order valence-corrected chi connectivity index (χ3v) is 7.66. The summed E-state index contributed by atoms with van der Waals surface area (Å²) in [5, 5.41) is 3.52. The molecule has 0 spiro atoms. The molecular weight excluding hydrogens is 531 g/mol. The van der Waals surface area contributed by atoms with Crippen LogP contribution in [0, 0.1) is 0 Å². The Balaban J connectivity index is 1.45. The summed E-state index contributed by atoms with van der Waals surface area (Å²) >= 11 is 0. The van der Waals surface area contributed by atoms with Gasteiger partial charge in [0.05, 0.1) is 24.5 Å². The summed E-state index contributed by atoms with van der Waals surface area (Å²) in [5.74, 6) is 1.26. The topological polar surface area (TPSA) is 69.7 Å². The molecule has 8 nitrogen and oxygen atoms in total. The Kier molecular flexibility index (Phi) is 8.37. The van der Waals surface area contributed by atoms with Crippen LogP contribution >= 0.6 is 0 Å². The highest BCUT2D eigenvalue weighted by Crippen LogP contribution is 2.36. The van der Waals surface area contributed by atoms with Crippen molar-refractivity contribution in [3.05, 3.63) is 65.0 Å². The summed E-state index contributed by atoms with van der Waals surface area (Å²) in [6, 6.07) is 10.8. The molecule has 4 heterocycles. The number of fused-ring (bicyclic) bond motifs is 1. The zero-order valence-corrected chi connectivity index (χ0v) is 24.1. The van der Waals surface area contributed by atoms with Gasteiger partial charge in [0.1, 0.15) is 11.6 Å². The zero-order valence-electron chi connectivity index (χ0n) is 24.1. The average Bonchev–Trinajstić information content (AvgIpc) is 3.16. The van der Waals surface area contributed by atoms with E-state index in [-0.39, 0.29) is 11.2 Å². The maximum absolute atomic E-state index is 13.8. The number of morpholine rings is 1. The number of aromatic nitrogens is 3. The van der Waals surface area contributed by atoms with Crippen LogP contribution in [0.4, 0.5) is 36.4 Å². The molecule has 1 aromatic carbocycles. The summed E-state index contributed by atoms with van der Waals surface area (Å²) in [4.78, 5) is 20.0. The first-order chi connectivity index (χ1) is 19.5. The van der Waals surface area contributed by atoms with Gasteiger partial charge in [0, 0.05) is 62.0 Å². The molecule has 2 aromatic heterocycles. The average molecular weight is 570 g/mol. The first-order valence-corrected chi connectivity index (χ1v) is 14.0. The molecule has 0 radical (unpaired) electrons. The van der Waals surface area contributed by atoms with Gasteiger partial charge in [-0.25, -0.2) is 9.97 Å². The van der Waals surface area contributed by atoms with Crippen LogP contribution in [-0.4, -0.2) is 79.9 Å². The Morgan fingerprint density at radius 1 is 0.927 bits per heavy atom. The Bertz CT molecular complexity index is 1340. The van der Waals surface area contributed by atoms with Gasteiger partial charge in [0.15, 0.2) is 0 Å². The van der Waals surface area contributed by atoms with E-state index in [4.69, 9.17) is 14.7 Å². The van der Waals surface area contributed by atoms with Crippen molar-refractivity contribution in [3.63, 3.8) is 0 Å². The molecule has 0 unspecified atom stereocenters. The summed E-state index contributed by atoms with van der Waals surface area (Å²) in [6.45, 7) is 8.69. The molecule has 2 aliphatic heterocycles. The smallest absolute Gasteiger partial charge is 0.378 e. The van der Waals surface area contributed by atoms with Gasteiger partial charge in [0.2, 0.25) is 5.95 Å². The number of rotatable bonds is 7. The number of halogens is 3. The van der Waals surface area contributed by atoms with Crippen molar-refractivity contribution in [2.24, 2.45) is 0 Å². The second-order valence-electron chi connectivity index (χ2n) is 11.6. The first-order valence-electron chi connectivity index (χ1n) is 14.0. The fraction of sp³-hybridized carbons (Fsp3) is 0.500. The van der Waals surface area contributed by atoms with Crippen LogP contribution in [0.25, 0.3) is 0 Å². The number of likely N-dealkylation sites (N-methyl/N-ethyl adjacent to an activating group) is 1. The molecule has 0 atom stereocenters. The van der Waals surface area contributed by atoms with Gasteiger partial charge >= 0.3 is 6.18 Å². The minimum atomic E-state index is -4.48. The Morgan fingerprint density at radius 3 is 2.32 bits per heavy atom. The number of nitrogens with one attached hydrogen (secondary N) is 1. The molecule has 5 rings (SSSR count).